The largest absolute Gasteiger partial charge is 0.355 e. The number of hydrogen-bond acceptors (Lipinski definition) is 3. The van der Waals surface area contributed by atoms with Crippen LogP contribution in [-0.2, 0) is 9.59 Å². The quantitative estimate of drug-likeness (QED) is 0.671. The fourth-order valence-corrected chi connectivity index (χ4v) is 1.19. The zero-order chi connectivity index (χ0) is 12.7. The molecule has 0 fully saturated rings. The number of nitrogens with two attached hydrogens (primary N) is 1. The van der Waals surface area contributed by atoms with Gasteiger partial charge in [-0.1, -0.05) is 13.8 Å². The summed E-state index contributed by atoms with van der Waals surface area (Å²) in [5.74, 6) is -0.486. The first-order chi connectivity index (χ1) is 7.40. The van der Waals surface area contributed by atoms with Crippen molar-refractivity contribution in [1.82, 2.24) is 10.2 Å². The highest BCUT2D eigenvalue weighted by Gasteiger charge is 2.21. The molecule has 5 heteroatoms. The first-order valence-electron chi connectivity index (χ1n) is 5.67. The van der Waals surface area contributed by atoms with Gasteiger partial charge in [-0.15, -0.1) is 0 Å². The van der Waals surface area contributed by atoms with Crippen molar-refractivity contribution >= 4 is 11.8 Å². The summed E-state index contributed by atoms with van der Waals surface area (Å²) in [5, 5.41) is 2.72. The summed E-state index contributed by atoms with van der Waals surface area (Å²) in [4.78, 5) is 24.5. The highest BCUT2D eigenvalue weighted by molar-refractivity contribution is 5.85. The summed E-state index contributed by atoms with van der Waals surface area (Å²) >= 11 is 0. The third-order valence-electron chi connectivity index (χ3n) is 2.51. The van der Waals surface area contributed by atoms with Gasteiger partial charge < -0.3 is 16.0 Å². The first-order valence-corrected chi connectivity index (χ1v) is 5.67. The van der Waals surface area contributed by atoms with Crippen LogP contribution in [0.2, 0.25) is 0 Å². The highest BCUT2D eigenvalue weighted by Crippen LogP contribution is 2.04. The van der Waals surface area contributed by atoms with Crippen LogP contribution >= 0.6 is 0 Å². The topological polar surface area (TPSA) is 75.4 Å². The molecule has 0 aromatic heterocycles. The van der Waals surface area contributed by atoms with Gasteiger partial charge in [0.15, 0.2) is 0 Å². The third kappa shape index (κ3) is 5.11. The SMILES string of the molecule is CCCNC(=O)CN(C)C(=O)C(C)C(C)N. The van der Waals surface area contributed by atoms with Gasteiger partial charge in [0, 0.05) is 19.6 Å². The van der Waals surface area contributed by atoms with Crippen LogP contribution in [0, 0.1) is 5.92 Å². The van der Waals surface area contributed by atoms with E-state index in [4.69, 9.17) is 5.73 Å². The highest BCUT2D eigenvalue weighted by atomic mass is 16.2. The van der Waals surface area contributed by atoms with E-state index in [1.165, 1.54) is 4.90 Å². The van der Waals surface area contributed by atoms with E-state index < -0.39 is 0 Å². The van der Waals surface area contributed by atoms with Crippen LogP contribution in [0.25, 0.3) is 0 Å². The molecule has 3 N–H and O–H groups in total. The lowest BCUT2D eigenvalue weighted by Gasteiger charge is -2.22. The molecule has 0 aromatic carbocycles. The summed E-state index contributed by atoms with van der Waals surface area (Å²) in [6.45, 7) is 6.27. The maximum atomic E-state index is 11.8. The lowest BCUT2D eigenvalue weighted by Crippen LogP contribution is -2.44. The van der Waals surface area contributed by atoms with Crippen LogP contribution in [0.15, 0.2) is 0 Å². The smallest absolute Gasteiger partial charge is 0.239 e. The Balaban J connectivity index is 4.09. The zero-order valence-electron chi connectivity index (χ0n) is 10.6. The fraction of sp³-hybridized carbons (Fsp3) is 0.818. The minimum atomic E-state index is -0.260. The molecule has 0 spiro atoms. The maximum Gasteiger partial charge on any atom is 0.239 e. The molecule has 0 bridgehead atoms. The van der Waals surface area contributed by atoms with Crippen LogP contribution in [-0.4, -0.2) is 42.9 Å². The van der Waals surface area contributed by atoms with Crippen LogP contribution in [0.3, 0.4) is 0 Å². The Morgan fingerprint density at radius 1 is 1.38 bits per heavy atom. The molecule has 0 rings (SSSR count). The van der Waals surface area contributed by atoms with Crippen LogP contribution < -0.4 is 11.1 Å². The number of hydrogen-bond donors (Lipinski definition) is 2. The van der Waals surface area contributed by atoms with Crippen molar-refractivity contribution < 1.29 is 9.59 Å². The van der Waals surface area contributed by atoms with Gasteiger partial charge in [0.2, 0.25) is 11.8 Å². The van der Waals surface area contributed by atoms with Gasteiger partial charge in [-0.3, -0.25) is 9.59 Å². The molecule has 0 saturated carbocycles. The Labute approximate surface area is 97.4 Å². The van der Waals surface area contributed by atoms with Crippen molar-refractivity contribution in [2.45, 2.75) is 33.2 Å². The molecule has 0 saturated heterocycles. The normalized spacial score (nSPS) is 14.1. The second-order valence-electron chi connectivity index (χ2n) is 4.19. The predicted molar refractivity (Wildman–Crippen MR) is 63.8 cm³/mol. The molecule has 0 aliphatic heterocycles. The Morgan fingerprint density at radius 2 is 1.94 bits per heavy atom. The van der Waals surface area contributed by atoms with E-state index in [1.54, 1.807) is 20.9 Å². The number of carbonyl (C=O) groups excluding carboxylic acids is 2. The van der Waals surface area contributed by atoms with E-state index >= 15 is 0 Å². The van der Waals surface area contributed by atoms with Crippen molar-refractivity contribution in [2.24, 2.45) is 11.7 Å². The van der Waals surface area contributed by atoms with E-state index in [9.17, 15) is 9.59 Å². The van der Waals surface area contributed by atoms with Crippen LogP contribution in [0.4, 0.5) is 0 Å². The van der Waals surface area contributed by atoms with E-state index in [0.717, 1.165) is 6.42 Å². The number of likely N-dealkylation sites (N-methyl/N-ethyl adjacent to an activating group) is 1. The van der Waals surface area contributed by atoms with E-state index in [0.29, 0.717) is 6.54 Å². The van der Waals surface area contributed by atoms with Gasteiger partial charge >= 0.3 is 0 Å². The van der Waals surface area contributed by atoms with Gasteiger partial charge in [0.1, 0.15) is 0 Å². The van der Waals surface area contributed by atoms with Gasteiger partial charge in [-0.25, -0.2) is 0 Å². The molecule has 94 valence electrons. The van der Waals surface area contributed by atoms with Crippen LogP contribution in [0.1, 0.15) is 27.2 Å². The number of amides is 2. The molecule has 0 aromatic rings. The van der Waals surface area contributed by atoms with Gasteiger partial charge in [-0.2, -0.15) is 0 Å². The van der Waals surface area contributed by atoms with Crippen molar-refractivity contribution in [3.8, 4) is 0 Å². The van der Waals surface area contributed by atoms with E-state index in [1.807, 2.05) is 6.92 Å². The van der Waals surface area contributed by atoms with Crippen molar-refractivity contribution in [3.63, 3.8) is 0 Å². The Bertz CT molecular complexity index is 241. The van der Waals surface area contributed by atoms with Gasteiger partial charge in [0.05, 0.1) is 12.5 Å². The summed E-state index contributed by atoms with van der Waals surface area (Å²) in [6.07, 6.45) is 0.889. The molecule has 0 heterocycles. The fourth-order valence-electron chi connectivity index (χ4n) is 1.19. The monoisotopic (exact) mass is 229 g/mol. The van der Waals surface area contributed by atoms with Gasteiger partial charge in [-0.05, 0) is 13.3 Å². The van der Waals surface area contributed by atoms with Crippen LogP contribution in [0.5, 0.6) is 0 Å². The number of nitrogens with one attached hydrogen (secondary N) is 1. The van der Waals surface area contributed by atoms with Crippen molar-refractivity contribution in [3.05, 3.63) is 0 Å². The number of rotatable bonds is 6. The summed E-state index contributed by atoms with van der Waals surface area (Å²) in [6, 6.07) is -0.200. The number of carbonyl (C=O) groups is 2. The molecule has 2 unspecified atom stereocenters. The molecule has 2 atom stereocenters. The van der Waals surface area contributed by atoms with E-state index in [2.05, 4.69) is 5.32 Å². The van der Waals surface area contributed by atoms with Crippen molar-refractivity contribution in [2.75, 3.05) is 20.1 Å². The maximum absolute atomic E-state index is 11.8. The summed E-state index contributed by atoms with van der Waals surface area (Å²) in [7, 11) is 1.62. The average Bonchev–Trinajstić information content (AvgIpc) is 2.23. The third-order valence-corrected chi connectivity index (χ3v) is 2.51. The lowest BCUT2D eigenvalue weighted by atomic mass is 10.0. The summed E-state index contributed by atoms with van der Waals surface area (Å²) < 4.78 is 0. The van der Waals surface area contributed by atoms with E-state index in [-0.39, 0.29) is 30.3 Å². The Morgan fingerprint density at radius 3 is 2.38 bits per heavy atom. The predicted octanol–water partition coefficient (Wildman–Crippen LogP) is -0.0457. The average molecular weight is 229 g/mol. The molecule has 5 nitrogen and oxygen atoms in total. The Hall–Kier alpha value is -1.10. The molecular weight excluding hydrogens is 206 g/mol. The Kier molecular flexibility index (Phi) is 6.72. The lowest BCUT2D eigenvalue weighted by molar-refractivity contribution is -0.138. The molecule has 0 aliphatic carbocycles. The van der Waals surface area contributed by atoms with Gasteiger partial charge in [0.25, 0.3) is 0 Å². The standard InChI is InChI=1S/C11H23N3O2/c1-5-6-13-10(15)7-14(4)11(16)8(2)9(3)12/h8-9H,5-7,12H2,1-4H3,(H,13,15). The number of nitrogens with zero attached hydrogens (tertiary/aromatic N) is 1. The van der Waals surface area contributed by atoms with Crippen molar-refractivity contribution in [1.29, 1.82) is 0 Å². The first kappa shape index (κ1) is 14.9. The molecule has 0 radical (unpaired) electrons. The zero-order valence-corrected chi connectivity index (χ0v) is 10.6. The summed E-state index contributed by atoms with van der Waals surface area (Å²) in [5.41, 5.74) is 5.64. The molecule has 2 amide bonds. The second kappa shape index (κ2) is 7.22. The molecule has 0 aliphatic rings. The molecule has 16 heavy (non-hydrogen) atoms. The second-order valence-corrected chi connectivity index (χ2v) is 4.19. The molecular formula is C11H23N3O2. The minimum absolute atomic E-state index is 0.0931. The minimum Gasteiger partial charge on any atom is -0.355 e.